The zero-order valence-electron chi connectivity index (χ0n) is 40.5. The number of carbonyl (C=O) groups is 2. The van der Waals surface area contributed by atoms with Crippen molar-refractivity contribution in [2.75, 3.05) is 38.1 Å². The molecule has 2 fully saturated rings. The minimum absolute atomic E-state index is 0. The molecule has 2 atom stereocenters. The molecule has 2 unspecified atom stereocenters. The highest BCUT2D eigenvalue weighted by Crippen LogP contribution is 2.54. The fourth-order valence-corrected chi connectivity index (χ4v) is 8.87. The maximum atomic E-state index is 14.7. The van der Waals surface area contributed by atoms with E-state index in [1.54, 1.807) is 48.5 Å². The summed E-state index contributed by atoms with van der Waals surface area (Å²) in [5.74, 6) is 11.3. The lowest BCUT2D eigenvalue weighted by Crippen LogP contribution is -2.62. The van der Waals surface area contributed by atoms with Crippen molar-refractivity contribution in [3.8, 4) is 35.2 Å². The van der Waals surface area contributed by atoms with E-state index in [9.17, 15) is 41.0 Å². The number of urea groups is 2. The van der Waals surface area contributed by atoms with E-state index in [1.165, 1.54) is 55.3 Å². The molecule has 4 aromatic carbocycles. The summed E-state index contributed by atoms with van der Waals surface area (Å²) in [4.78, 5) is 30.6. The van der Waals surface area contributed by atoms with E-state index in [4.69, 9.17) is 71.4 Å². The summed E-state index contributed by atoms with van der Waals surface area (Å²) in [5, 5.41) is 9.77. The minimum Gasteiger partial charge on any atom is -0.497 e. The Morgan fingerprint density at radius 3 is 1.39 bits per heavy atom. The monoisotopic (exact) mass is 1120 g/mol. The second kappa shape index (κ2) is 24.8. The number of amides is 4. The van der Waals surface area contributed by atoms with Crippen LogP contribution < -0.4 is 19.3 Å². The summed E-state index contributed by atoms with van der Waals surface area (Å²) >= 11 is 15.7. The number of benzene rings is 4. The Hall–Kier alpha value is -4.68. The maximum Gasteiger partial charge on any atom is 0.427 e. The lowest BCUT2D eigenvalue weighted by Gasteiger charge is -2.47. The zero-order valence-corrected chi connectivity index (χ0v) is 43.6. The lowest BCUT2D eigenvalue weighted by molar-refractivity contribution is -0.204. The van der Waals surface area contributed by atoms with Crippen molar-refractivity contribution >= 4 is 127 Å². The molecular weight excluding hydrogens is 1070 g/mol. The topological polar surface area (TPSA) is 85.8 Å². The number of methoxy groups -OCH3 is 2. The number of alkyl halides is 6. The highest BCUT2D eigenvalue weighted by Gasteiger charge is 2.65. The molecule has 377 valence electrons. The van der Waals surface area contributed by atoms with Crippen molar-refractivity contribution < 1.29 is 50.5 Å². The molecule has 8 rings (SSSR count). The summed E-state index contributed by atoms with van der Waals surface area (Å²) in [6.07, 6.45) is -8.19. The van der Waals surface area contributed by atoms with E-state index in [2.05, 4.69) is 39.6 Å². The molecule has 0 saturated heterocycles. The third-order valence-corrected chi connectivity index (χ3v) is 14.3. The first kappa shape index (κ1) is 61.2. The van der Waals surface area contributed by atoms with Gasteiger partial charge in [0.15, 0.2) is 0 Å². The minimum atomic E-state index is -4.88. The van der Waals surface area contributed by atoms with Gasteiger partial charge in [0.25, 0.3) is 0 Å². The molecule has 0 spiro atoms. The number of aliphatic hydroxyl groups is 1. The van der Waals surface area contributed by atoms with Crippen LogP contribution in [0.1, 0.15) is 60.9 Å². The number of aliphatic hydroxyl groups excluding tert-OH is 1. The van der Waals surface area contributed by atoms with Crippen molar-refractivity contribution in [2.24, 2.45) is 11.8 Å². The molecule has 2 saturated carbocycles. The largest absolute Gasteiger partial charge is 0.497 e. The number of nitrogens with zero attached hydrogens (tertiary/aromatic N) is 4. The van der Waals surface area contributed by atoms with Crippen LogP contribution in [0.2, 0.25) is 10.0 Å². The van der Waals surface area contributed by atoms with Crippen molar-refractivity contribution in [2.45, 2.75) is 76.2 Å². The van der Waals surface area contributed by atoms with Crippen LogP contribution in [-0.4, -0.2) is 133 Å². The van der Waals surface area contributed by atoms with Gasteiger partial charge in [0.2, 0.25) is 11.1 Å². The van der Waals surface area contributed by atoms with Gasteiger partial charge in [0.1, 0.15) is 11.5 Å². The fraction of sp³-hybridized carbons (Fsp3) is 0.375. The summed E-state index contributed by atoms with van der Waals surface area (Å²) in [6, 6.07) is 17.4. The molecule has 4 aliphatic rings. The first-order valence-corrected chi connectivity index (χ1v) is 24.4. The van der Waals surface area contributed by atoms with Crippen molar-refractivity contribution in [1.82, 2.24) is 9.80 Å². The predicted molar refractivity (Wildman–Crippen MR) is 296 cm³/mol. The molecule has 75 heavy (non-hydrogen) atoms. The van der Waals surface area contributed by atoms with Crippen molar-refractivity contribution in [3.63, 3.8) is 0 Å². The Morgan fingerprint density at radius 1 is 0.707 bits per heavy atom. The van der Waals surface area contributed by atoms with Gasteiger partial charge in [-0.3, -0.25) is 19.6 Å². The van der Waals surface area contributed by atoms with Crippen LogP contribution >= 0.6 is 39.1 Å². The number of carbonyl (C=O) groups excluding carboxylic acids is 2. The van der Waals surface area contributed by atoms with Crippen LogP contribution in [0.3, 0.4) is 0 Å². The number of hydrogen-bond donors (Lipinski definition) is 1. The number of ether oxygens (including phenoxy) is 2. The molecule has 4 aromatic rings. The molecule has 2 aliphatic carbocycles. The Kier molecular flexibility index (Phi) is 20.2. The number of fused-ring (bicyclic) bond motifs is 2. The standard InChI is InChI=1S/C24H22ClF3N2O3.C23H19BrClF3N2O2.CH4.B9/c1-29-22(32)30(13-16-5-7-18(33-2)8-6-16)21-11-17(14-31)20(25)12-19(21)23(29,24(26,27)28)10-9-15-3-4-15;1-29-21(31)30(13-15-5-7-16(32-2)8-6-15)20-12-18(24)19(25)11-17(20)22(29,23(26,27)28)10-9-14-3-4-14;;1-6-9(7(2)3)8(4)5/h5-8,11-12,15,31H,3-4,13-14H2,1-2H3;5-8,11-12,14H,3-4,13H2,1-2H3;1H4;. The predicted octanol–water partition coefficient (Wildman–Crippen LogP) is 8.65. The highest BCUT2D eigenvalue weighted by molar-refractivity contribution is 9.10. The van der Waals surface area contributed by atoms with E-state index in [0.29, 0.717) is 31.3 Å². The van der Waals surface area contributed by atoms with Crippen LogP contribution in [-0.2, 0) is 30.8 Å². The van der Waals surface area contributed by atoms with Gasteiger partial charge in [-0.25, -0.2) is 9.59 Å². The van der Waals surface area contributed by atoms with E-state index in [0.717, 1.165) is 45.3 Å². The second-order valence-electron chi connectivity index (χ2n) is 17.9. The van der Waals surface area contributed by atoms with Gasteiger partial charge in [0, 0.05) is 111 Å². The summed E-state index contributed by atoms with van der Waals surface area (Å²) in [7, 11) is 32.8. The number of hydrogen-bond acceptors (Lipinski definition) is 5. The first-order valence-electron chi connectivity index (χ1n) is 22.9. The second-order valence-corrected chi connectivity index (χ2v) is 19.6. The van der Waals surface area contributed by atoms with E-state index >= 15 is 0 Å². The molecular formula is C48H45B9BrCl2F6N4O5. The van der Waals surface area contributed by atoms with Crippen LogP contribution in [0.25, 0.3) is 0 Å². The van der Waals surface area contributed by atoms with Crippen molar-refractivity contribution in [3.05, 3.63) is 115 Å². The van der Waals surface area contributed by atoms with Crippen LogP contribution in [0.15, 0.2) is 77.3 Å². The van der Waals surface area contributed by atoms with Crippen LogP contribution in [0, 0.1) is 35.5 Å². The number of halogens is 9. The van der Waals surface area contributed by atoms with E-state index in [1.807, 2.05) is 0 Å². The summed E-state index contributed by atoms with van der Waals surface area (Å²) in [6.45, 7) is -0.409. The quantitative estimate of drug-likeness (QED) is 0.0978. The van der Waals surface area contributed by atoms with Gasteiger partial charge < -0.3 is 14.6 Å². The molecule has 1 N–H and O–H groups in total. The SMILES string of the molecule is C.COc1ccc(CN2C(=O)N(C)C(C#CC3CC3)(C(F)(F)F)c3cc(Cl)c(Br)cc32)cc1.COc1ccc(CN2C(=O)N(C)C(C#CC3CC3)(C(F)(F)F)c3cc(Cl)c(CO)cc32)cc1.[B][B]B(B([B])[B])B([B])[B]. The molecule has 2 heterocycles. The molecule has 11 radical (unpaired) electrons. The molecule has 4 amide bonds. The third kappa shape index (κ3) is 13.0. The average Bonchev–Trinajstić information content (AvgIpc) is 4.30. The van der Waals surface area contributed by atoms with Gasteiger partial charge in [-0.05, 0) is 107 Å². The Balaban J connectivity index is 0.000000236. The maximum absolute atomic E-state index is 14.7. The van der Waals surface area contributed by atoms with Crippen molar-refractivity contribution in [1.29, 1.82) is 0 Å². The number of anilines is 2. The van der Waals surface area contributed by atoms with E-state index in [-0.39, 0.29) is 76.8 Å². The van der Waals surface area contributed by atoms with E-state index < -0.39 is 54.9 Å². The van der Waals surface area contributed by atoms with Crippen LogP contribution in [0.4, 0.5) is 47.3 Å². The van der Waals surface area contributed by atoms with Gasteiger partial charge in [-0.2, -0.15) is 26.3 Å². The molecule has 0 aromatic heterocycles. The smallest absolute Gasteiger partial charge is 0.427 e. The summed E-state index contributed by atoms with van der Waals surface area (Å²) < 4.78 is 98.7. The molecule has 2 aliphatic heterocycles. The lowest BCUT2D eigenvalue weighted by atomic mass is 8.64. The van der Waals surface area contributed by atoms with Crippen LogP contribution in [0.5, 0.6) is 11.5 Å². The molecule has 0 bridgehead atoms. The molecule has 9 nitrogen and oxygen atoms in total. The van der Waals surface area contributed by atoms with Gasteiger partial charge in [0.05, 0.1) is 50.3 Å². The average molecular weight is 1120 g/mol. The van der Waals surface area contributed by atoms with Gasteiger partial charge in [-0.15, -0.1) is 0 Å². The van der Waals surface area contributed by atoms with Gasteiger partial charge >= 0.3 is 24.4 Å². The Bertz CT molecular complexity index is 2830. The zero-order chi connectivity index (χ0) is 54.7. The number of rotatable bonds is 10. The highest BCUT2D eigenvalue weighted by atomic mass is 79.9. The normalized spacial score (nSPS) is 18.6. The first-order chi connectivity index (χ1) is 34.8. The summed E-state index contributed by atoms with van der Waals surface area (Å²) in [5.41, 5.74) is -4.27. The Morgan fingerprint density at radius 2 is 1.08 bits per heavy atom. The third-order valence-electron chi connectivity index (χ3n) is 12.8. The fourth-order valence-electron chi connectivity index (χ4n) is 8.15. The Labute approximate surface area is 461 Å². The molecule has 27 heteroatoms. The van der Waals surface area contributed by atoms with Gasteiger partial charge in [-0.1, -0.05) is 78.6 Å².